The molecule has 59 heavy (non-hydrogen) atoms. The second-order valence-corrected chi connectivity index (χ2v) is 20.7. The molecule has 1 saturated carbocycles. The van der Waals surface area contributed by atoms with Crippen molar-refractivity contribution in [3.8, 4) is 12.3 Å². The zero-order chi connectivity index (χ0) is 43.8. The maximum absolute atomic E-state index is 14.8. The highest BCUT2D eigenvalue weighted by atomic mass is 32.2. The van der Waals surface area contributed by atoms with Crippen LogP contribution in [-0.2, 0) is 46.7 Å². The zero-order valence-corrected chi connectivity index (χ0v) is 36.2. The largest absolute Gasteiger partial charge is 0.444 e. The highest BCUT2D eigenvalue weighted by molar-refractivity contribution is 7.92. The predicted molar refractivity (Wildman–Crippen MR) is 223 cm³/mol. The van der Waals surface area contributed by atoms with Crippen molar-refractivity contribution in [2.75, 3.05) is 25.4 Å². The van der Waals surface area contributed by atoms with E-state index in [1.807, 2.05) is 24.3 Å². The van der Waals surface area contributed by atoms with Gasteiger partial charge in [0.25, 0.3) is 5.91 Å². The number of fused-ring (bicyclic) bond motifs is 1. The van der Waals surface area contributed by atoms with Gasteiger partial charge in [-0.1, -0.05) is 70.4 Å². The van der Waals surface area contributed by atoms with Crippen molar-refractivity contribution in [1.82, 2.24) is 31.1 Å². The number of benzene rings is 1. The maximum atomic E-state index is 14.8. The summed E-state index contributed by atoms with van der Waals surface area (Å²) in [5, 5.41) is 10.8. The van der Waals surface area contributed by atoms with Crippen molar-refractivity contribution >= 4 is 45.5 Å². The van der Waals surface area contributed by atoms with Crippen LogP contribution in [0.15, 0.2) is 36.9 Å². The predicted octanol–water partition coefficient (Wildman–Crippen LogP) is 3.55. The van der Waals surface area contributed by atoms with Gasteiger partial charge in [-0.25, -0.2) is 18.0 Å². The minimum atomic E-state index is -3.65. The molecule has 0 spiro atoms. The molecule has 2 heterocycles. The van der Waals surface area contributed by atoms with Crippen LogP contribution in [0.1, 0.15) is 104 Å². The normalized spacial score (nSPS) is 20.2. The van der Waals surface area contributed by atoms with Crippen molar-refractivity contribution < 1.29 is 41.9 Å². The fraction of sp³-hybridized carbons (Fsp3) is 0.628. The molecular formula is C43H62N6O9S. The molecule has 0 aromatic heterocycles. The van der Waals surface area contributed by atoms with E-state index in [0.29, 0.717) is 32.4 Å². The molecule has 324 valence electrons. The van der Waals surface area contributed by atoms with E-state index in [9.17, 15) is 37.2 Å². The average Bonchev–Trinajstić information content (AvgIpc) is 3.59. The first-order valence-electron chi connectivity index (χ1n) is 20.4. The molecule has 0 radical (unpaired) electrons. The number of carbonyl (C=O) groups is 6. The number of Topliss-reactive ketones (excluding diaryl/α,β-unsaturated/α-hetero) is 1. The monoisotopic (exact) mass is 838 g/mol. The summed E-state index contributed by atoms with van der Waals surface area (Å²) in [6, 6.07) is 3.20. The van der Waals surface area contributed by atoms with Gasteiger partial charge < -0.3 is 35.8 Å². The second kappa shape index (κ2) is 19.4. The molecule has 0 bridgehead atoms. The fourth-order valence-corrected chi connectivity index (χ4v) is 9.28. The summed E-state index contributed by atoms with van der Waals surface area (Å²) in [5.41, 5.74) is 0.131. The zero-order valence-electron chi connectivity index (χ0n) is 35.4. The Bertz CT molecular complexity index is 1910. The summed E-state index contributed by atoms with van der Waals surface area (Å²) in [6.45, 7) is 14.2. The van der Waals surface area contributed by atoms with E-state index in [1.165, 1.54) is 11.0 Å². The molecule has 1 saturated heterocycles. The van der Waals surface area contributed by atoms with Gasteiger partial charge in [-0.2, -0.15) is 0 Å². The number of urea groups is 1. The number of hydrogen-bond acceptors (Lipinski definition) is 9. The van der Waals surface area contributed by atoms with Gasteiger partial charge in [-0.3, -0.25) is 19.2 Å². The molecular weight excluding hydrogens is 777 g/mol. The van der Waals surface area contributed by atoms with Crippen LogP contribution in [0, 0.1) is 17.8 Å². The Labute approximate surface area is 349 Å². The molecule has 2 fully saturated rings. The number of hydrogen-bond donors (Lipinski definition) is 4. The van der Waals surface area contributed by atoms with Crippen LogP contribution in [-0.4, -0.2) is 114 Å². The first-order chi connectivity index (χ1) is 27.6. The molecule has 4 atom stereocenters. The second-order valence-electron chi connectivity index (χ2n) is 18.0. The van der Waals surface area contributed by atoms with Crippen LogP contribution < -0.4 is 21.3 Å². The van der Waals surface area contributed by atoms with Crippen LogP contribution in [0.4, 0.5) is 9.59 Å². The average molecular weight is 839 g/mol. The smallest absolute Gasteiger partial charge is 0.410 e. The van der Waals surface area contributed by atoms with Gasteiger partial charge >= 0.3 is 12.1 Å². The van der Waals surface area contributed by atoms with E-state index in [4.69, 9.17) is 11.2 Å². The Hall–Kier alpha value is -4.91. The lowest BCUT2D eigenvalue weighted by molar-refractivity contribution is -0.143. The van der Waals surface area contributed by atoms with E-state index in [1.54, 1.807) is 46.4 Å². The SMILES string of the molecule is C#CCCC(NC(=O)C1CC(OC(=O)N2CCc3ccccc3C2)CN1C(=O)C(NC(=O)NC1(CS(=O)(=O)C(C)(C)C)CCCCC1)C(C)(C)C)C(=O)C(=O)NCC=C. The van der Waals surface area contributed by atoms with Crippen molar-refractivity contribution in [2.24, 2.45) is 5.41 Å². The molecule has 1 aromatic rings. The number of carbonyl (C=O) groups excluding carboxylic acids is 6. The Kier molecular flexibility index (Phi) is 15.4. The number of likely N-dealkylation sites (tertiary alicyclic amines) is 1. The van der Waals surface area contributed by atoms with Gasteiger partial charge in [0, 0.05) is 32.5 Å². The van der Waals surface area contributed by atoms with Crippen LogP contribution in [0.3, 0.4) is 0 Å². The van der Waals surface area contributed by atoms with Crippen LogP contribution in [0.25, 0.3) is 0 Å². The van der Waals surface area contributed by atoms with Gasteiger partial charge in [0.1, 0.15) is 18.2 Å². The summed E-state index contributed by atoms with van der Waals surface area (Å²) in [6.07, 6.45) is 9.01. The van der Waals surface area contributed by atoms with Crippen molar-refractivity contribution in [1.29, 1.82) is 0 Å². The molecule has 1 aliphatic carbocycles. The van der Waals surface area contributed by atoms with Gasteiger partial charge in [-0.05, 0) is 63.0 Å². The third-order valence-corrected chi connectivity index (χ3v) is 14.1. The first kappa shape index (κ1) is 46.8. The number of nitrogens with zero attached hydrogens (tertiary/aromatic N) is 2. The van der Waals surface area contributed by atoms with Gasteiger partial charge in [0.2, 0.25) is 17.6 Å². The molecule has 6 amide bonds. The van der Waals surface area contributed by atoms with Crippen LogP contribution >= 0.6 is 0 Å². The molecule has 16 heteroatoms. The third kappa shape index (κ3) is 12.1. The topological polar surface area (TPSA) is 200 Å². The van der Waals surface area contributed by atoms with Gasteiger partial charge in [0.15, 0.2) is 9.84 Å². The number of ketones is 1. The molecule has 3 aliphatic rings. The number of terminal acetylenes is 1. The Morgan fingerprint density at radius 1 is 1.02 bits per heavy atom. The minimum Gasteiger partial charge on any atom is -0.444 e. The van der Waals surface area contributed by atoms with E-state index in [0.717, 1.165) is 30.4 Å². The van der Waals surface area contributed by atoms with Gasteiger partial charge in [-0.15, -0.1) is 18.9 Å². The Balaban J connectivity index is 1.61. The first-order valence-corrected chi connectivity index (χ1v) is 22.1. The molecule has 1 aromatic carbocycles. The molecule has 4 rings (SSSR count). The fourth-order valence-electron chi connectivity index (χ4n) is 7.75. The lowest BCUT2D eigenvalue weighted by Gasteiger charge is -2.41. The Morgan fingerprint density at radius 2 is 1.68 bits per heavy atom. The number of nitrogens with one attached hydrogen (secondary N) is 4. The molecule has 2 aliphatic heterocycles. The summed E-state index contributed by atoms with van der Waals surface area (Å²) in [4.78, 5) is 85.1. The summed E-state index contributed by atoms with van der Waals surface area (Å²) < 4.78 is 31.8. The standard InChI is InChI=1S/C43H62N6O9S/c1-9-11-19-32(34(50)37(52)44-23-10-2)45-36(51)33-25-31(58-40(55)48-24-20-29-17-13-14-18-30(29)26-48)27-49(33)38(53)35(41(3,4)5)46-39(54)47-43(21-15-12-16-22-43)28-59(56,57)42(6,7)8/h1,10,13-14,17-18,31-33,35H,2,11-12,15-16,19-28H2,3-8H3,(H,44,52)(H,45,51)(H2,46,47,54). The number of amides is 6. The lowest BCUT2D eigenvalue weighted by Crippen LogP contribution is -2.63. The minimum absolute atomic E-state index is 0.0171. The number of ether oxygens (including phenoxy) is 1. The van der Waals surface area contributed by atoms with Gasteiger partial charge in [0.05, 0.1) is 28.6 Å². The quantitative estimate of drug-likeness (QED) is 0.123. The van der Waals surface area contributed by atoms with E-state index < -0.39 is 85.4 Å². The molecule has 15 nitrogen and oxygen atoms in total. The summed E-state index contributed by atoms with van der Waals surface area (Å²) in [5.74, 6) is -1.17. The third-order valence-electron chi connectivity index (χ3n) is 11.3. The molecule has 4 N–H and O–H groups in total. The Morgan fingerprint density at radius 3 is 2.29 bits per heavy atom. The highest BCUT2D eigenvalue weighted by Gasteiger charge is 2.48. The number of sulfone groups is 1. The van der Waals surface area contributed by atoms with Crippen LogP contribution in [0.5, 0.6) is 0 Å². The lowest BCUT2D eigenvalue weighted by atomic mass is 9.83. The van der Waals surface area contributed by atoms with Crippen molar-refractivity contribution in [2.45, 2.75) is 140 Å². The molecule has 4 unspecified atom stereocenters. The number of rotatable bonds is 14. The van der Waals surface area contributed by atoms with Crippen molar-refractivity contribution in [3.63, 3.8) is 0 Å². The highest BCUT2D eigenvalue weighted by Crippen LogP contribution is 2.33. The summed E-state index contributed by atoms with van der Waals surface area (Å²) in [7, 11) is -3.65. The van der Waals surface area contributed by atoms with E-state index >= 15 is 0 Å². The maximum Gasteiger partial charge on any atom is 0.410 e. The van der Waals surface area contributed by atoms with E-state index in [2.05, 4.69) is 33.8 Å². The van der Waals surface area contributed by atoms with Crippen molar-refractivity contribution in [3.05, 3.63) is 48.0 Å². The van der Waals surface area contributed by atoms with E-state index in [-0.39, 0.29) is 38.1 Å². The summed E-state index contributed by atoms with van der Waals surface area (Å²) >= 11 is 0. The van der Waals surface area contributed by atoms with Crippen LogP contribution in [0.2, 0.25) is 0 Å².